The second-order valence-corrected chi connectivity index (χ2v) is 4.03. The van der Waals surface area contributed by atoms with Crippen molar-refractivity contribution >= 4 is 27.8 Å². The van der Waals surface area contributed by atoms with Crippen molar-refractivity contribution in [2.24, 2.45) is 0 Å². The number of carboxylic acid groups (broad SMARTS) is 1. The fourth-order valence-corrected chi connectivity index (χ4v) is 1.56. The molecule has 0 radical (unpaired) electrons. The molecule has 7 heteroatoms. The summed E-state index contributed by atoms with van der Waals surface area (Å²) in [5, 5.41) is 8.72. The first kappa shape index (κ1) is 13.7. The van der Waals surface area contributed by atoms with Crippen molar-refractivity contribution < 1.29 is 23.8 Å². The molecule has 94 valence electrons. The number of furan rings is 1. The summed E-state index contributed by atoms with van der Waals surface area (Å²) in [6.45, 7) is 0.119. The molecular formula is C10H12BrNO5. The van der Waals surface area contributed by atoms with Crippen molar-refractivity contribution in [1.29, 1.82) is 0 Å². The number of rotatable bonds is 6. The van der Waals surface area contributed by atoms with E-state index in [1.807, 2.05) is 0 Å². The van der Waals surface area contributed by atoms with Crippen LogP contribution in [0.25, 0.3) is 0 Å². The summed E-state index contributed by atoms with van der Waals surface area (Å²) in [7, 11) is 1.48. The van der Waals surface area contributed by atoms with Crippen LogP contribution >= 0.6 is 15.9 Å². The highest BCUT2D eigenvalue weighted by Gasteiger charge is 2.19. The fraction of sp³-hybridized carbons (Fsp3) is 0.400. The Morgan fingerprint density at radius 3 is 2.76 bits per heavy atom. The number of hydrogen-bond donors (Lipinski definition) is 1. The minimum absolute atomic E-state index is 0.213. The van der Waals surface area contributed by atoms with Gasteiger partial charge in [0.05, 0.1) is 12.2 Å². The number of amides is 1. The minimum atomic E-state index is -1.07. The summed E-state index contributed by atoms with van der Waals surface area (Å²) >= 11 is 3.07. The highest BCUT2D eigenvalue weighted by molar-refractivity contribution is 9.10. The molecule has 1 amide bonds. The van der Waals surface area contributed by atoms with E-state index in [0.717, 1.165) is 0 Å². The molecule has 1 N–H and O–H groups in total. The van der Waals surface area contributed by atoms with E-state index in [1.165, 1.54) is 24.3 Å². The number of aliphatic carboxylic acids is 1. The molecule has 1 rings (SSSR count). The van der Waals surface area contributed by atoms with Gasteiger partial charge >= 0.3 is 5.97 Å². The van der Waals surface area contributed by atoms with Crippen LogP contribution in [0.5, 0.6) is 0 Å². The molecule has 0 spiro atoms. The molecule has 1 heterocycles. The number of carbonyl (C=O) groups excluding carboxylic acids is 1. The highest BCUT2D eigenvalue weighted by atomic mass is 79.9. The first-order chi connectivity index (χ1) is 8.04. The molecule has 0 fully saturated rings. The molecule has 0 atom stereocenters. The third kappa shape index (κ3) is 4.20. The lowest BCUT2D eigenvalue weighted by Crippen LogP contribution is -2.37. The largest absolute Gasteiger partial charge is 0.480 e. The molecule has 0 aliphatic rings. The average Bonchev–Trinajstić information content (AvgIpc) is 2.69. The zero-order valence-electron chi connectivity index (χ0n) is 9.18. The Kier molecular flexibility index (Phi) is 5.17. The summed E-state index contributed by atoms with van der Waals surface area (Å²) in [5.74, 6) is -1.48. The summed E-state index contributed by atoms with van der Waals surface area (Å²) in [6, 6.07) is 1.49. The van der Waals surface area contributed by atoms with Gasteiger partial charge in [-0.05, 0) is 15.9 Å². The van der Waals surface area contributed by atoms with Gasteiger partial charge in [-0.15, -0.1) is 0 Å². The molecule has 1 aromatic rings. The standard InChI is InChI=1S/C10H12BrNO5/c1-16-3-2-12(5-9(13)14)10(15)7-4-8(11)17-6-7/h4,6H,2-3,5H2,1H3,(H,13,14). The van der Waals surface area contributed by atoms with E-state index in [0.29, 0.717) is 10.2 Å². The lowest BCUT2D eigenvalue weighted by atomic mass is 10.3. The number of halogens is 1. The van der Waals surface area contributed by atoms with Gasteiger partial charge in [-0.2, -0.15) is 0 Å². The molecule has 0 aliphatic carbocycles. The van der Waals surface area contributed by atoms with E-state index >= 15 is 0 Å². The van der Waals surface area contributed by atoms with E-state index in [2.05, 4.69) is 15.9 Å². The zero-order chi connectivity index (χ0) is 12.8. The van der Waals surface area contributed by atoms with E-state index in [9.17, 15) is 9.59 Å². The van der Waals surface area contributed by atoms with Gasteiger partial charge in [0.2, 0.25) is 0 Å². The Morgan fingerprint density at radius 2 is 2.29 bits per heavy atom. The average molecular weight is 306 g/mol. The van der Waals surface area contributed by atoms with Crippen LogP contribution in [0, 0.1) is 0 Å². The lowest BCUT2D eigenvalue weighted by molar-refractivity contribution is -0.137. The Morgan fingerprint density at radius 1 is 1.59 bits per heavy atom. The number of hydrogen-bond acceptors (Lipinski definition) is 4. The molecule has 0 saturated carbocycles. The Balaban J connectivity index is 2.74. The lowest BCUT2D eigenvalue weighted by Gasteiger charge is -2.19. The van der Waals surface area contributed by atoms with Crippen LogP contribution in [-0.4, -0.2) is 48.7 Å². The topological polar surface area (TPSA) is 80.0 Å². The van der Waals surface area contributed by atoms with Gasteiger partial charge in [0.1, 0.15) is 12.8 Å². The molecule has 6 nitrogen and oxygen atoms in total. The molecule has 0 saturated heterocycles. The third-order valence-corrected chi connectivity index (χ3v) is 2.41. The molecular weight excluding hydrogens is 294 g/mol. The highest BCUT2D eigenvalue weighted by Crippen LogP contribution is 2.15. The van der Waals surface area contributed by atoms with E-state index < -0.39 is 11.9 Å². The van der Waals surface area contributed by atoms with Crippen LogP contribution < -0.4 is 0 Å². The summed E-state index contributed by atoms with van der Waals surface area (Å²) in [6.07, 6.45) is 1.27. The van der Waals surface area contributed by atoms with Crippen molar-refractivity contribution in [3.8, 4) is 0 Å². The van der Waals surface area contributed by atoms with Crippen molar-refractivity contribution in [3.63, 3.8) is 0 Å². The zero-order valence-corrected chi connectivity index (χ0v) is 10.8. The Labute approximate surface area is 106 Å². The number of methoxy groups -OCH3 is 1. The smallest absolute Gasteiger partial charge is 0.323 e. The molecule has 17 heavy (non-hydrogen) atoms. The van der Waals surface area contributed by atoms with Gasteiger partial charge < -0.3 is 19.2 Å². The summed E-state index contributed by atoms with van der Waals surface area (Å²) in [4.78, 5) is 23.8. The number of ether oxygens (including phenoxy) is 1. The van der Waals surface area contributed by atoms with Crippen LogP contribution in [-0.2, 0) is 9.53 Å². The quantitative estimate of drug-likeness (QED) is 0.854. The molecule has 0 aliphatic heterocycles. The van der Waals surface area contributed by atoms with Crippen LogP contribution in [0.2, 0.25) is 0 Å². The number of nitrogens with zero attached hydrogens (tertiary/aromatic N) is 1. The van der Waals surface area contributed by atoms with Crippen LogP contribution in [0.1, 0.15) is 10.4 Å². The van der Waals surface area contributed by atoms with Crippen LogP contribution in [0.3, 0.4) is 0 Å². The third-order valence-electron chi connectivity index (χ3n) is 1.99. The van der Waals surface area contributed by atoms with Crippen molar-refractivity contribution in [1.82, 2.24) is 4.90 Å². The second-order valence-electron chi connectivity index (χ2n) is 3.25. The molecule has 0 unspecified atom stereocenters. The minimum Gasteiger partial charge on any atom is -0.480 e. The van der Waals surface area contributed by atoms with E-state index in [1.54, 1.807) is 0 Å². The van der Waals surface area contributed by atoms with Crippen molar-refractivity contribution in [2.45, 2.75) is 0 Å². The van der Waals surface area contributed by atoms with Crippen molar-refractivity contribution in [2.75, 3.05) is 26.8 Å². The predicted octanol–water partition coefficient (Wildman–Crippen LogP) is 1.22. The van der Waals surface area contributed by atoms with Crippen LogP contribution in [0.15, 0.2) is 21.4 Å². The van der Waals surface area contributed by atoms with Gasteiger partial charge in [-0.25, -0.2) is 0 Å². The Bertz CT molecular complexity index is 403. The number of carboxylic acids is 1. The maximum Gasteiger partial charge on any atom is 0.323 e. The van der Waals surface area contributed by atoms with Gasteiger partial charge in [0, 0.05) is 19.7 Å². The van der Waals surface area contributed by atoms with Gasteiger partial charge in [0.25, 0.3) is 5.91 Å². The van der Waals surface area contributed by atoms with Gasteiger partial charge in [-0.3, -0.25) is 9.59 Å². The SMILES string of the molecule is COCCN(CC(=O)O)C(=O)c1coc(Br)c1. The predicted molar refractivity (Wildman–Crippen MR) is 61.8 cm³/mol. The monoisotopic (exact) mass is 305 g/mol. The summed E-state index contributed by atoms with van der Waals surface area (Å²) < 4.78 is 10.2. The number of carbonyl (C=O) groups is 2. The summed E-state index contributed by atoms with van der Waals surface area (Å²) in [5.41, 5.74) is 0.300. The van der Waals surface area contributed by atoms with Gasteiger partial charge in [0.15, 0.2) is 4.67 Å². The normalized spacial score (nSPS) is 10.2. The van der Waals surface area contributed by atoms with Crippen molar-refractivity contribution in [3.05, 3.63) is 22.6 Å². The molecule has 1 aromatic heterocycles. The van der Waals surface area contributed by atoms with Gasteiger partial charge in [-0.1, -0.05) is 0 Å². The van der Waals surface area contributed by atoms with E-state index in [4.69, 9.17) is 14.3 Å². The molecule has 0 bridgehead atoms. The first-order valence-electron chi connectivity index (χ1n) is 4.78. The first-order valence-corrected chi connectivity index (χ1v) is 5.58. The maximum atomic E-state index is 11.9. The molecule has 0 aromatic carbocycles. The second kappa shape index (κ2) is 6.41. The Hall–Kier alpha value is -1.34. The van der Waals surface area contributed by atoms with E-state index in [-0.39, 0.29) is 19.7 Å². The van der Waals surface area contributed by atoms with Crippen LogP contribution in [0.4, 0.5) is 0 Å². The fourth-order valence-electron chi connectivity index (χ4n) is 1.22. The maximum absolute atomic E-state index is 11.9.